The molecule has 0 aliphatic rings. The molecule has 10 heteroatoms. The Morgan fingerprint density at radius 3 is 2.64 bits per heavy atom. The van der Waals surface area contributed by atoms with Crippen molar-refractivity contribution in [3.63, 3.8) is 0 Å². The third-order valence-electron chi connectivity index (χ3n) is 3.44. The van der Waals surface area contributed by atoms with Crippen molar-refractivity contribution in [2.75, 3.05) is 39.2 Å². The topological polar surface area (TPSA) is 84.7 Å². The number of amides is 1. The fraction of sp³-hybridized carbons (Fsp3) is 0.533. The van der Waals surface area contributed by atoms with Crippen LogP contribution >= 0.6 is 0 Å². The number of hydrogen-bond donors (Lipinski definition) is 1. The minimum atomic E-state index is -4.66. The Bertz CT molecular complexity index is 608. The molecule has 0 heterocycles. The first-order chi connectivity index (χ1) is 11.7. The zero-order chi connectivity index (χ0) is 19.0. The number of nitro benzene ring substituents is 1. The minimum Gasteiger partial charge on any atom is -0.385 e. The van der Waals surface area contributed by atoms with E-state index in [-0.39, 0.29) is 24.6 Å². The number of halogens is 3. The molecule has 140 valence electrons. The Labute approximate surface area is 142 Å². The highest BCUT2D eigenvalue weighted by Crippen LogP contribution is 2.34. The largest absolute Gasteiger partial charge is 0.416 e. The number of hydrogen-bond acceptors (Lipinski definition) is 5. The summed E-state index contributed by atoms with van der Waals surface area (Å²) in [5.41, 5.74) is -1.85. The molecule has 1 rings (SSSR count). The van der Waals surface area contributed by atoms with Gasteiger partial charge in [0.05, 0.1) is 10.5 Å². The van der Waals surface area contributed by atoms with Crippen molar-refractivity contribution < 1.29 is 27.6 Å². The van der Waals surface area contributed by atoms with E-state index in [1.54, 1.807) is 14.2 Å². The Morgan fingerprint density at radius 1 is 1.40 bits per heavy atom. The van der Waals surface area contributed by atoms with Crippen molar-refractivity contribution in [3.05, 3.63) is 33.9 Å². The minimum absolute atomic E-state index is 0.0572. The van der Waals surface area contributed by atoms with Gasteiger partial charge in [-0.25, -0.2) is 0 Å². The smallest absolute Gasteiger partial charge is 0.385 e. The van der Waals surface area contributed by atoms with Crippen molar-refractivity contribution >= 4 is 17.3 Å². The van der Waals surface area contributed by atoms with Gasteiger partial charge in [0.15, 0.2) is 0 Å². The van der Waals surface area contributed by atoms with Gasteiger partial charge in [-0.15, -0.1) is 0 Å². The first-order valence-corrected chi connectivity index (χ1v) is 7.49. The van der Waals surface area contributed by atoms with Crippen LogP contribution in [0, 0.1) is 10.1 Å². The summed E-state index contributed by atoms with van der Waals surface area (Å²) in [7, 11) is 3.18. The highest BCUT2D eigenvalue weighted by atomic mass is 19.4. The number of ether oxygens (including phenoxy) is 1. The van der Waals surface area contributed by atoms with E-state index in [9.17, 15) is 28.1 Å². The predicted octanol–water partition coefficient (Wildman–Crippen LogP) is 2.91. The number of rotatable bonds is 9. The zero-order valence-electron chi connectivity index (χ0n) is 13.9. The first-order valence-electron chi connectivity index (χ1n) is 7.49. The molecule has 1 N–H and O–H groups in total. The maximum Gasteiger partial charge on any atom is 0.416 e. The molecule has 0 atom stereocenters. The van der Waals surface area contributed by atoms with Crippen LogP contribution in [0.15, 0.2) is 18.2 Å². The fourth-order valence-electron chi connectivity index (χ4n) is 2.07. The molecular weight excluding hydrogens is 343 g/mol. The summed E-state index contributed by atoms with van der Waals surface area (Å²) in [5, 5.41) is 13.6. The van der Waals surface area contributed by atoms with Gasteiger partial charge in [0.1, 0.15) is 5.69 Å². The average molecular weight is 363 g/mol. The lowest BCUT2D eigenvalue weighted by atomic mass is 10.1. The Hall–Kier alpha value is -2.36. The number of anilines is 1. The maximum absolute atomic E-state index is 12.6. The van der Waals surface area contributed by atoms with Crippen LogP contribution in [0.25, 0.3) is 0 Å². The molecular formula is C15H20F3N3O4. The average Bonchev–Trinajstić information content (AvgIpc) is 2.53. The molecule has 0 radical (unpaired) electrons. The lowest BCUT2D eigenvalue weighted by molar-refractivity contribution is -0.384. The second-order valence-electron chi connectivity index (χ2n) is 5.33. The van der Waals surface area contributed by atoms with Gasteiger partial charge in [0.2, 0.25) is 5.91 Å². The normalized spacial score (nSPS) is 11.2. The van der Waals surface area contributed by atoms with E-state index in [4.69, 9.17) is 4.74 Å². The van der Waals surface area contributed by atoms with Crippen LogP contribution in [0.4, 0.5) is 24.5 Å². The van der Waals surface area contributed by atoms with Crippen molar-refractivity contribution in [1.82, 2.24) is 4.90 Å². The van der Waals surface area contributed by atoms with E-state index in [1.807, 2.05) is 0 Å². The molecule has 1 aromatic carbocycles. The second kappa shape index (κ2) is 9.21. The molecule has 0 aromatic heterocycles. The van der Waals surface area contributed by atoms with Gasteiger partial charge in [-0.3, -0.25) is 14.9 Å². The monoisotopic (exact) mass is 363 g/mol. The molecule has 1 aromatic rings. The van der Waals surface area contributed by atoms with Crippen molar-refractivity contribution in [2.24, 2.45) is 0 Å². The molecule has 0 spiro atoms. The number of carbonyl (C=O) groups excluding carboxylic acids is 1. The molecule has 0 aliphatic carbocycles. The number of methoxy groups -OCH3 is 1. The van der Waals surface area contributed by atoms with E-state index >= 15 is 0 Å². The van der Waals surface area contributed by atoms with Crippen LogP contribution in [0.2, 0.25) is 0 Å². The van der Waals surface area contributed by atoms with E-state index in [2.05, 4.69) is 5.32 Å². The van der Waals surface area contributed by atoms with Crippen molar-refractivity contribution in [2.45, 2.75) is 19.0 Å². The van der Waals surface area contributed by atoms with Gasteiger partial charge in [0, 0.05) is 46.3 Å². The Morgan fingerprint density at radius 2 is 2.08 bits per heavy atom. The predicted molar refractivity (Wildman–Crippen MR) is 85.3 cm³/mol. The van der Waals surface area contributed by atoms with Crippen LogP contribution in [0.3, 0.4) is 0 Å². The standard InChI is InChI=1S/C15H20F3N3O4/c1-20(8-3-9-25-2)14(22)6-7-19-12-5-4-11(15(16,17)18)10-13(12)21(23)24/h4-5,10,19H,3,6-9H2,1-2H3. The lowest BCUT2D eigenvalue weighted by Gasteiger charge is -2.17. The van der Waals surface area contributed by atoms with Gasteiger partial charge >= 0.3 is 6.18 Å². The molecule has 0 unspecified atom stereocenters. The van der Waals surface area contributed by atoms with Crippen molar-refractivity contribution in [1.29, 1.82) is 0 Å². The summed E-state index contributed by atoms with van der Waals surface area (Å²) in [6.07, 6.45) is -3.93. The summed E-state index contributed by atoms with van der Waals surface area (Å²) < 4.78 is 42.8. The number of carbonyl (C=O) groups is 1. The van der Waals surface area contributed by atoms with Gasteiger partial charge in [-0.2, -0.15) is 13.2 Å². The molecule has 0 fully saturated rings. The molecule has 0 bridgehead atoms. The SMILES string of the molecule is COCCCN(C)C(=O)CCNc1ccc(C(F)(F)F)cc1[N+](=O)[O-]. The van der Waals surface area contributed by atoms with Gasteiger partial charge in [-0.1, -0.05) is 0 Å². The van der Waals surface area contributed by atoms with E-state index in [0.717, 1.165) is 12.1 Å². The summed E-state index contributed by atoms with van der Waals surface area (Å²) >= 11 is 0. The van der Waals surface area contributed by atoms with Crippen LogP contribution in [-0.2, 0) is 15.7 Å². The summed E-state index contributed by atoms with van der Waals surface area (Å²) in [6, 6.07) is 2.22. The molecule has 0 saturated heterocycles. The zero-order valence-corrected chi connectivity index (χ0v) is 13.9. The highest BCUT2D eigenvalue weighted by molar-refractivity contribution is 5.76. The van der Waals surface area contributed by atoms with E-state index in [1.165, 1.54) is 4.90 Å². The molecule has 7 nitrogen and oxygen atoms in total. The molecule has 1 amide bonds. The quantitative estimate of drug-likeness (QED) is 0.414. The molecule has 25 heavy (non-hydrogen) atoms. The number of nitro groups is 1. The number of nitrogens with zero attached hydrogens (tertiary/aromatic N) is 2. The third kappa shape index (κ3) is 6.57. The van der Waals surface area contributed by atoms with Crippen LogP contribution in [0.1, 0.15) is 18.4 Å². The fourth-order valence-corrected chi connectivity index (χ4v) is 2.07. The van der Waals surface area contributed by atoms with Crippen LogP contribution in [-0.4, -0.2) is 49.6 Å². The number of alkyl halides is 3. The van der Waals surface area contributed by atoms with E-state index < -0.39 is 22.4 Å². The van der Waals surface area contributed by atoms with Crippen LogP contribution < -0.4 is 5.32 Å². The van der Waals surface area contributed by atoms with Gasteiger partial charge < -0.3 is 15.0 Å². The lowest BCUT2D eigenvalue weighted by Crippen LogP contribution is -2.29. The summed E-state index contributed by atoms with van der Waals surface area (Å²) in [4.78, 5) is 23.5. The highest BCUT2D eigenvalue weighted by Gasteiger charge is 2.33. The Balaban J connectivity index is 2.65. The summed E-state index contributed by atoms with van der Waals surface area (Å²) in [6.45, 7) is 1.10. The Kier molecular flexibility index (Phi) is 7.62. The second-order valence-corrected chi connectivity index (χ2v) is 5.33. The molecule has 0 saturated carbocycles. The van der Waals surface area contributed by atoms with Gasteiger partial charge in [0.25, 0.3) is 5.69 Å². The van der Waals surface area contributed by atoms with Crippen molar-refractivity contribution in [3.8, 4) is 0 Å². The third-order valence-corrected chi connectivity index (χ3v) is 3.44. The molecule has 0 aliphatic heterocycles. The number of nitrogens with one attached hydrogen (secondary N) is 1. The van der Waals surface area contributed by atoms with E-state index in [0.29, 0.717) is 25.6 Å². The summed E-state index contributed by atoms with van der Waals surface area (Å²) in [5.74, 6) is -0.182. The first kappa shape index (κ1) is 20.7. The van der Waals surface area contributed by atoms with Gasteiger partial charge in [-0.05, 0) is 18.6 Å². The maximum atomic E-state index is 12.6. The van der Waals surface area contributed by atoms with Crippen LogP contribution in [0.5, 0.6) is 0 Å². The number of benzene rings is 1.